The fourth-order valence-corrected chi connectivity index (χ4v) is 8.62. The van der Waals surface area contributed by atoms with Crippen LogP contribution in [0.25, 0.3) is 0 Å². The highest BCUT2D eigenvalue weighted by molar-refractivity contribution is 6.34. The highest BCUT2D eigenvalue weighted by atomic mass is 35.5. The van der Waals surface area contributed by atoms with Gasteiger partial charge in [0.15, 0.2) is 11.5 Å². The molecule has 0 unspecified atom stereocenters. The molecule has 53 heavy (non-hydrogen) atoms. The van der Waals surface area contributed by atoms with Gasteiger partial charge in [0.1, 0.15) is 18.6 Å². The number of hydrogen-bond donors (Lipinski definition) is 1. The van der Waals surface area contributed by atoms with Crippen LogP contribution in [0.5, 0.6) is 6.01 Å². The molecule has 3 fully saturated rings. The second-order valence-corrected chi connectivity index (χ2v) is 14.8. The van der Waals surface area contributed by atoms with Crippen molar-refractivity contribution in [2.45, 2.75) is 82.2 Å². The zero-order valence-electron chi connectivity index (χ0n) is 28.3. The molecule has 2 aromatic heterocycles. The van der Waals surface area contributed by atoms with Crippen LogP contribution in [0.4, 0.5) is 42.2 Å². The molecule has 286 valence electrons. The van der Waals surface area contributed by atoms with E-state index in [1.165, 1.54) is 4.90 Å². The van der Waals surface area contributed by atoms with Crippen molar-refractivity contribution < 1.29 is 45.0 Å². The smallest absolute Gasteiger partial charge is 0.416 e. The zero-order chi connectivity index (χ0) is 37.4. The molecule has 3 aromatic rings. The standard InChI is InChI=1S/C34H36ClF7N8O3/c35-26-23-14-47(6-2-8-50(23)46-28(26)31(51)48-11-17(12-48)29(38)39)30-19-15-52-24(25-20(34(40,41)42)3-4-21(43)27(25)37)9-22(19)44-32(45-30)53-16-33-5-1-7-49(33)13-18(36)10-33/h3-4,17-18,24,29H,1-2,5-16,43H2/t18-,24+,33+/m1/s1. The molecule has 1 amide bonds. The number of nitrogen functional groups attached to an aromatic ring is 1. The van der Waals surface area contributed by atoms with Crippen molar-refractivity contribution >= 4 is 29.0 Å². The van der Waals surface area contributed by atoms with Gasteiger partial charge in [-0.25, -0.2) is 17.6 Å². The van der Waals surface area contributed by atoms with Crippen molar-refractivity contribution in [2.24, 2.45) is 5.92 Å². The molecule has 0 aliphatic carbocycles. The van der Waals surface area contributed by atoms with E-state index in [-0.39, 0.29) is 68.1 Å². The number of aromatic nitrogens is 4. The Morgan fingerprint density at radius 1 is 1.13 bits per heavy atom. The Bertz CT molecular complexity index is 1930. The number of ether oxygens (including phenoxy) is 2. The fourth-order valence-electron chi connectivity index (χ4n) is 8.35. The van der Waals surface area contributed by atoms with Gasteiger partial charge in [0.2, 0.25) is 6.43 Å². The van der Waals surface area contributed by atoms with Gasteiger partial charge in [-0.2, -0.15) is 28.2 Å². The predicted octanol–water partition coefficient (Wildman–Crippen LogP) is 5.58. The second-order valence-electron chi connectivity index (χ2n) is 14.5. The number of amides is 1. The van der Waals surface area contributed by atoms with E-state index in [1.54, 1.807) is 4.68 Å². The van der Waals surface area contributed by atoms with E-state index in [1.807, 2.05) is 4.90 Å². The number of nitrogens with two attached hydrogens (primary N) is 1. The Hall–Kier alpha value is -3.90. The van der Waals surface area contributed by atoms with Crippen LogP contribution in [0.1, 0.15) is 70.4 Å². The van der Waals surface area contributed by atoms with Crippen LogP contribution in [0.2, 0.25) is 5.02 Å². The highest BCUT2D eigenvalue weighted by Gasteiger charge is 2.50. The van der Waals surface area contributed by atoms with Crippen molar-refractivity contribution in [1.82, 2.24) is 29.5 Å². The van der Waals surface area contributed by atoms with Crippen LogP contribution < -0.4 is 15.4 Å². The van der Waals surface area contributed by atoms with Gasteiger partial charge in [-0.1, -0.05) is 11.6 Å². The fraction of sp³-hybridized carbons (Fsp3) is 0.588. The summed E-state index contributed by atoms with van der Waals surface area (Å²) in [7, 11) is 0. The van der Waals surface area contributed by atoms with Gasteiger partial charge in [-0.15, -0.1) is 0 Å². The van der Waals surface area contributed by atoms with Gasteiger partial charge in [0, 0.05) is 56.7 Å². The topological polar surface area (TPSA) is 115 Å². The van der Waals surface area contributed by atoms with Gasteiger partial charge >= 0.3 is 12.2 Å². The molecule has 11 nitrogen and oxygen atoms in total. The van der Waals surface area contributed by atoms with Crippen molar-refractivity contribution in [2.75, 3.05) is 50.0 Å². The minimum atomic E-state index is -4.89. The summed E-state index contributed by atoms with van der Waals surface area (Å²) in [5.74, 6) is -2.35. The molecular weight excluding hydrogens is 737 g/mol. The first-order valence-electron chi connectivity index (χ1n) is 17.5. The zero-order valence-corrected chi connectivity index (χ0v) is 29.1. The third kappa shape index (κ3) is 6.43. The summed E-state index contributed by atoms with van der Waals surface area (Å²) in [6.07, 6.45) is -7.74. The Morgan fingerprint density at radius 2 is 1.92 bits per heavy atom. The molecule has 0 bridgehead atoms. The molecule has 0 spiro atoms. The first-order chi connectivity index (χ1) is 25.2. The molecule has 8 rings (SSSR count). The van der Waals surface area contributed by atoms with Crippen LogP contribution in [0.3, 0.4) is 0 Å². The van der Waals surface area contributed by atoms with E-state index < -0.39 is 64.9 Å². The third-order valence-electron chi connectivity index (χ3n) is 11.1. The summed E-state index contributed by atoms with van der Waals surface area (Å²) in [6, 6.07) is 1.50. The maximum atomic E-state index is 15.4. The van der Waals surface area contributed by atoms with Crippen molar-refractivity contribution in [3.63, 3.8) is 0 Å². The normalized spacial score (nSPS) is 24.9. The Labute approximate surface area is 304 Å². The third-order valence-corrected chi connectivity index (χ3v) is 11.5. The SMILES string of the molecule is Nc1ccc(C(F)(F)F)c([C@@H]2Cc3nc(OC[C@@]45CCCN4C[C@H](F)C5)nc(N4CCCn5nc(C(=O)N6CC(C(F)F)C6)c(Cl)c5C4)c3CO2)c1F. The lowest BCUT2D eigenvalue weighted by Crippen LogP contribution is -2.52. The number of fused-ring (bicyclic) bond motifs is 3. The highest BCUT2D eigenvalue weighted by Crippen LogP contribution is 2.44. The minimum absolute atomic E-state index is 0.0520. The molecule has 5 aliphatic rings. The van der Waals surface area contributed by atoms with E-state index in [9.17, 15) is 31.1 Å². The van der Waals surface area contributed by atoms with Crippen molar-refractivity contribution in [3.05, 3.63) is 56.7 Å². The lowest BCUT2D eigenvalue weighted by molar-refractivity contribution is -0.140. The van der Waals surface area contributed by atoms with Gasteiger partial charge in [0.25, 0.3) is 5.91 Å². The predicted molar refractivity (Wildman–Crippen MR) is 176 cm³/mol. The largest absolute Gasteiger partial charge is 0.461 e. The van der Waals surface area contributed by atoms with E-state index in [2.05, 4.69) is 15.0 Å². The Balaban J connectivity index is 1.13. The molecule has 7 heterocycles. The minimum Gasteiger partial charge on any atom is -0.461 e. The molecule has 0 saturated carbocycles. The number of carbonyl (C=O) groups is 1. The second kappa shape index (κ2) is 13.4. The summed E-state index contributed by atoms with van der Waals surface area (Å²) < 4.78 is 112. The lowest BCUT2D eigenvalue weighted by atomic mass is 9.94. The quantitative estimate of drug-likeness (QED) is 0.243. The van der Waals surface area contributed by atoms with Crippen LogP contribution in [0.15, 0.2) is 12.1 Å². The number of rotatable bonds is 7. The number of alkyl halides is 6. The monoisotopic (exact) mass is 772 g/mol. The van der Waals surface area contributed by atoms with Crippen LogP contribution in [-0.2, 0) is 37.0 Å². The van der Waals surface area contributed by atoms with Gasteiger partial charge in [0.05, 0.1) is 58.4 Å². The number of likely N-dealkylation sites (tertiary alicyclic amines) is 1. The maximum Gasteiger partial charge on any atom is 0.416 e. The summed E-state index contributed by atoms with van der Waals surface area (Å²) in [5, 5.41) is 4.50. The number of hydrogen-bond acceptors (Lipinski definition) is 9. The molecule has 5 aliphatic heterocycles. The summed E-state index contributed by atoms with van der Waals surface area (Å²) in [6.45, 7) is 1.48. The number of nitrogens with zero attached hydrogens (tertiary/aromatic N) is 7. The van der Waals surface area contributed by atoms with Crippen molar-refractivity contribution in [3.8, 4) is 6.01 Å². The average Bonchev–Trinajstić information content (AvgIpc) is 3.65. The molecule has 3 saturated heterocycles. The first kappa shape index (κ1) is 36.1. The van der Waals surface area contributed by atoms with Gasteiger partial charge in [-0.3, -0.25) is 14.4 Å². The van der Waals surface area contributed by atoms with E-state index >= 15 is 4.39 Å². The number of benzene rings is 1. The molecule has 1 aromatic carbocycles. The van der Waals surface area contributed by atoms with Crippen LogP contribution >= 0.6 is 11.6 Å². The number of anilines is 2. The first-order valence-corrected chi connectivity index (χ1v) is 17.9. The van der Waals surface area contributed by atoms with Gasteiger partial charge < -0.3 is 25.0 Å². The number of carbonyl (C=O) groups excluding carboxylic acids is 1. The van der Waals surface area contributed by atoms with E-state index in [0.717, 1.165) is 25.1 Å². The molecule has 0 radical (unpaired) electrons. The number of halogens is 8. The lowest BCUT2D eigenvalue weighted by Gasteiger charge is -2.38. The Morgan fingerprint density at radius 3 is 2.68 bits per heavy atom. The molecular formula is C34H36ClF7N8O3. The molecule has 2 N–H and O–H groups in total. The Kier molecular flexibility index (Phi) is 9.15. The van der Waals surface area contributed by atoms with Crippen LogP contribution in [-0.4, -0.2) is 92.9 Å². The van der Waals surface area contributed by atoms with Gasteiger partial charge in [-0.05, 0) is 37.9 Å². The van der Waals surface area contributed by atoms with E-state index in [0.29, 0.717) is 49.6 Å². The average molecular weight is 773 g/mol. The van der Waals surface area contributed by atoms with Crippen LogP contribution in [0, 0.1) is 11.7 Å². The number of aryl methyl sites for hydroxylation is 1. The van der Waals surface area contributed by atoms with E-state index in [4.69, 9.17) is 31.8 Å². The summed E-state index contributed by atoms with van der Waals surface area (Å²) in [5.41, 5.74) is 3.90. The summed E-state index contributed by atoms with van der Waals surface area (Å²) in [4.78, 5) is 27.7. The maximum absolute atomic E-state index is 15.4. The van der Waals surface area contributed by atoms with Crippen molar-refractivity contribution in [1.29, 1.82) is 0 Å². The summed E-state index contributed by atoms with van der Waals surface area (Å²) >= 11 is 6.75. The molecule has 19 heteroatoms. The molecule has 3 atom stereocenters.